The highest BCUT2D eigenvalue weighted by Crippen LogP contribution is 2.19. The van der Waals surface area contributed by atoms with Gasteiger partial charge in [-0.2, -0.15) is 0 Å². The molecule has 0 rings (SSSR count). The number of hydrogen-bond donors (Lipinski definition) is 1. The molecule has 0 saturated carbocycles. The zero-order valence-electron chi connectivity index (χ0n) is 27.8. The van der Waals surface area contributed by atoms with E-state index in [1.54, 1.807) is 0 Å². The van der Waals surface area contributed by atoms with Crippen molar-refractivity contribution < 1.29 is 19.4 Å². The number of carbonyl (C=O) groups excluding carboxylic acids is 1. The van der Waals surface area contributed by atoms with Crippen molar-refractivity contribution in [3.8, 4) is 0 Å². The number of unbranched alkanes of at least 4 members (excludes halogenated alkanes) is 21. The smallest absolute Gasteiger partial charge is 0.306 e. The summed E-state index contributed by atoms with van der Waals surface area (Å²) in [7, 11) is 0. The molecule has 0 spiro atoms. The van der Waals surface area contributed by atoms with Crippen molar-refractivity contribution in [1.29, 1.82) is 0 Å². The molecule has 0 fully saturated rings. The van der Waals surface area contributed by atoms with E-state index in [2.05, 4.69) is 27.7 Å². The van der Waals surface area contributed by atoms with Gasteiger partial charge in [0.15, 0.2) is 0 Å². The van der Waals surface area contributed by atoms with Crippen molar-refractivity contribution in [3.05, 3.63) is 0 Å². The zero-order chi connectivity index (χ0) is 29.9. The van der Waals surface area contributed by atoms with Crippen molar-refractivity contribution >= 4 is 11.9 Å². The molecule has 0 aliphatic rings. The Hall–Kier alpha value is -1.06. The van der Waals surface area contributed by atoms with E-state index < -0.39 is 5.97 Å². The first-order valence-corrected chi connectivity index (χ1v) is 17.9. The van der Waals surface area contributed by atoms with Crippen LogP contribution in [0.1, 0.15) is 207 Å². The Labute approximate surface area is 251 Å². The Bertz CT molecular complexity index is 503. The van der Waals surface area contributed by atoms with Crippen LogP contribution in [-0.2, 0) is 14.3 Å². The summed E-state index contributed by atoms with van der Waals surface area (Å²) in [5, 5.41) is 9.23. The summed E-state index contributed by atoms with van der Waals surface area (Å²) >= 11 is 0. The number of esters is 1. The van der Waals surface area contributed by atoms with Crippen LogP contribution in [0.3, 0.4) is 0 Å². The van der Waals surface area contributed by atoms with Gasteiger partial charge in [-0.3, -0.25) is 9.59 Å². The molecule has 0 bridgehead atoms. The summed E-state index contributed by atoms with van der Waals surface area (Å²) in [4.78, 5) is 22.7. The molecule has 240 valence electrons. The molecule has 0 aliphatic carbocycles. The van der Waals surface area contributed by atoms with Crippen LogP contribution < -0.4 is 0 Å². The average Bonchev–Trinajstić information content (AvgIpc) is 2.94. The van der Waals surface area contributed by atoms with Crippen LogP contribution in [0.15, 0.2) is 0 Å². The Morgan fingerprint density at radius 2 is 0.800 bits per heavy atom. The predicted molar refractivity (Wildman–Crippen MR) is 174 cm³/mol. The first-order valence-electron chi connectivity index (χ1n) is 17.9. The van der Waals surface area contributed by atoms with Crippen molar-refractivity contribution in [1.82, 2.24) is 0 Å². The van der Waals surface area contributed by atoms with Crippen LogP contribution in [0.4, 0.5) is 0 Å². The predicted octanol–water partition coefficient (Wildman–Crippen LogP) is 12.2. The maximum Gasteiger partial charge on any atom is 0.306 e. The molecule has 40 heavy (non-hydrogen) atoms. The normalized spacial score (nSPS) is 11.6. The lowest BCUT2D eigenvalue weighted by Gasteiger charge is -2.11. The van der Waals surface area contributed by atoms with E-state index in [0.29, 0.717) is 13.0 Å². The van der Waals surface area contributed by atoms with Crippen LogP contribution in [0.2, 0.25) is 0 Å². The summed E-state index contributed by atoms with van der Waals surface area (Å²) in [5.74, 6) is -0.666. The highest BCUT2D eigenvalue weighted by molar-refractivity contribution is 5.69. The van der Waals surface area contributed by atoms with Gasteiger partial charge in [0.25, 0.3) is 0 Å². The minimum absolute atomic E-state index is 0.00412. The van der Waals surface area contributed by atoms with Crippen LogP contribution in [-0.4, -0.2) is 23.7 Å². The minimum atomic E-state index is -0.579. The lowest BCUT2D eigenvalue weighted by molar-refractivity contribution is -0.144. The van der Waals surface area contributed by atoms with E-state index in [1.807, 2.05) is 0 Å². The minimum Gasteiger partial charge on any atom is -0.481 e. The van der Waals surface area contributed by atoms with Gasteiger partial charge in [-0.05, 0) is 25.7 Å². The van der Waals surface area contributed by atoms with Crippen LogP contribution in [0, 0.1) is 5.92 Å². The molecule has 0 aliphatic heterocycles. The fourth-order valence-corrected chi connectivity index (χ4v) is 5.10. The first-order chi connectivity index (χ1) is 19.5. The maximum absolute atomic E-state index is 11.5. The lowest BCUT2D eigenvalue weighted by Crippen LogP contribution is -2.13. The van der Waals surface area contributed by atoms with Gasteiger partial charge in [0.2, 0.25) is 0 Å². The first kappa shape index (κ1) is 41.1. The molecular formula is C36H72O4. The van der Waals surface area contributed by atoms with Crippen LogP contribution in [0.5, 0.6) is 0 Å². The lowest BCUT2D eigenvalue weighted by atomic mass is 9.94. The molecule has 1 N–H and O–H groups in total. The number of rotatable bonds is 30. The second-order valence-electron chi connectivity index (χ2n) is 12.0. The van der Waals surface area contributed by atoms with E-state index in [4.69, 9.17) is 4.74 Å². The Morgan fingerprint density at radius 3 is 1.20 bits per heavy atom. The quantitative estimate of drug-likeness (QED) is 0.0691. The summed E-state index contributed by atoms with van der Waals surface area (Å²) in [5.41, 5.74) is 0. The molecule has 0 aromatic carbocycles. The molecule has 1 unspecified atom stereocenters. The summed E-state index contributed by atoms with van der Waals surface area (Å²) in [6.07, 6.45) is 33.7. The molecule has 0 saturated heterocycles. The zero-order valence-corrected chi connectivity index (χ0v) is 27.8. The summed E-state index contributed by atoms with van der Waals surface area (Å²) in [6, 6.07) is 0. The van der Waals surface area contributed by atoms with Gasteiger partial charge >= 0.3 is 11.9 Å². The standard InChI is InChI=1S/2C18H36O2/c1-3-5-7-9-10-11-12-13-14-16-18(19)20-17-15-8-6-4-2;1-3-5-7-9-10-11-12-14-16-17(18(19)20)15-13-8-6-4-2/h3-17H2,1-2H3;17H,3-16H2,1-2H3,(H,19,20). The molecule has 0 radical (unpaired) electrons. The summed E-state index contributed by atoms with van der Waals surface area (Å²) < 4.78 is 5.22. The Balaban J connectivity index is 0. The van der Waals surface area contributed by atoms with E-state index in [1.165, 1.54) is 135 Å². The maximum atomic E-state index is 11.5. The van der Waals surface area contributed by atoms with Gasteiger partial charge in [0, 0.05) is 6.42 Å². The second-order valence-corrected chi connectivity index (χ2v) is 12.0. The molecule has 4 nitrogen and oxygen atoms in total. The van der Waals surface area contributed by atoms with Crippen molar-refractivity contribution in [3.63, 3.8) is 0 Å². The van der Waals surface area contributed by atoms with Crippen molar-refractivity contribution in [2.75, 3.05) is 6.61 Å². The number of carboxylic acid groups (broad SMARTS) is 1. The molecule has 1 atom stereocenters. The number of aliphatic carboxylic acids is 1. The molecule has 0 heterocycles. The SMILES string of the molecule is CCCCCCCCCCC(CCCCCC)C(=O)O.CCCCCCCCCCCC(=O)OCCCCCC. The topological polar surface area (TPSA) is 63.6 Å². The molecule has 0 amide bonds. The van der Waals surface area contributed by atoms with Crippen molar-refractivity contribution in [2.24, 2.45) is 5.92 Å². The highest BCUT2D eigenvalue weighted by Gasteiger charge is 2.16. The third-order valence-corrected chi connectivity index (χ3v) is 7.91. The largest absolute Gasteiger partial charge is 0.481 e. The van der Waals surface area contributed by atoms with E-state index in [9.17, 15) is 14.7 Å². The fourth-order valence-electron chi connectivity index (χ4n) is 5.10. The summed E-state index contributed by atoms with van der Waals surface area (Å²) in [6.45, 7) is 9.50. The molecule has 4 heteroatoms. The van der Waals surface area contributed by atoms with E-state index in [-0.39, 0.29) is 11.9 Å². The Morgan fingerprint density at radius 1 is 0.475 bits per heavy atom. The monoisotopic (exact) mass is 569 g/mol. The van der Waals surface area contributed by atoms with E-state index >= 15 is 0 Å². The van der Waals surface area contributed by atoms with Gasteiger partial charge in [0.1, 0.15) is 0 Å². The average molecular weight is 569 g/mol. The Kier molecular flexibility index (Phi) is 36.9. The van der Waals surface area contributed by atoms with Crippen LogP contribution in [0.25, 0.3) is 0 Å². The number of carboxylic acids is 1. The molecular weight excluding hydrogens is 496 g/mol. The van der Waals surface area contributed by atoms with Gasteiger partial charge in [-0.15, -0.1) is 0 Å². The third-order valence-electron chi connectivity index (χ3n) is 7.91. The second kappa shape index (κ2) is 36.0. The third kappa shape index (κ3) is 35.0. The molecule has 0 aromatic heterocycles. The van der Waals surface area contributed by atoms with Crippen LogP contribution >= 0.6 is 0 Å². The van der Waals surface area contributed by atoms with Gasteiger partial charge in [0.05, 0.1) is 12.5 Å². The van der Waals surface area contributed by atoms with Gasteiger partial charge in [-0.25, -0.2) is 0 Å². The van der Waals surface area contributed by atoms with E-state index in [0.717, 1.165) is 38.5 Å². The number of ether oxygens (including phenoxy) is 1. The van der Waals surface area contributed by atoms with Crippen molar-refractivity contribution in [2.45, 2.75) is 207 Å². The molecule has 0 aromatic rings. The van der Waals surface area contributed by atoms with Gasteiger partial charge in [-0.1, -0.05) is 175 Å². The number of carbonyl (C=O) groups is 2. The fraction of sp³-hybridized carbons (Fsp3) is 0.944. The highest BCUT2D eigenvalue weighted by atomic mass is 16.5. The van der Waals surface area contributed by atoms with Gasteiger partial charge < -0.3 is 9.84 Å². The number of hydrogen-bond acceptors (Lipinski definition) is 3.